The number of nitrogens with zero attached hydrogens (tertiary/aromatic N) is 4. The Morgan fingerprint density at radius 1 is 0.971 bits per heavy atom. The third-order valence-electron chi connectivity index (χ3n) is 6.36. The normalized spacial score (nSPS) is 14.5. The maximum absolute atomic E-state index is 12.9. The third-order valence-corrected chi connectivity index (χ3v) is 6.61. The zero-order valence-electron chi connectivity index (χ0n) is 19.7. The summed E-state index contributed by atoms with van der Waals surface area (Å²) in [6.45, 7) is 7.68. The van der Waals surface area contributed by atoms with Crippen molar-refractivity contribution >= 4 is 34.7 Å². The van der Waals surface area contributed by atoms with Crippen LogP contribution in [0.4, 0.5) is 11.5 Å². The molecule has 0 spiro atoms. The van der Waals surface area contributed by atoms with Crippen molar-refractivity contribution in [3.8, 4) is 11.3 Å². The van der Waals surface area contributed by atoms with Gasteiger partial charge in [0.05, 0.1) is 5.69 Å². The molecule has 34 heavy (non-hydrogen) atoms. The van der Waals surface area contributed by atoms with E-state index in [9.17, 15) is 4.79 Å². The first-order chi connectivity index (χ1) is 16.4. The zero-order chi connectivity index (χ0) is 23.8. The first kappa shape index (κ1) is 22.4. The van der Waals surface area contributed by atoms with Crippen LogP contribution < -0.4 is 10.2 Å². The van der Waals surface area contributed by atoms with Gasteiger partial charge in [0.1, 0.15) is 5.82 Å². The van der Waals surface area contributed by atoms with Gasteiger partial charge >= 0.3 is 0 Å². The van der Waals surface area contributed by atoms with E-state index in [0.29, 0.717) is 5.02 Å². The molecule has 1 N–H and O–H groups in total. The predicted molar refractivity (Wildman–Crippen MR) is 138 cm³/mol. The number of amides is 1. The summed E-state index contributed by atoms with van der Waals surface area (Å²) in [4.78, 5) is 19.9. The number of carbonyl (C=O) groups is 1. The molecule has 1 amide bonds. The Morgan fingerprint density at radius 3 is 2.32 bits per heavy atom. The Labute approximate surface area is 204 Å². The summed E-state index contributed by atoms with van der Waals surface area (Å²) < 4.78 is 1.91. The predicted octanol–water partition coefficient (Wildman–Crippen LogP) is 5.83. The quantitative estimate of drug-likeness (QED) is 0.405. The van der Waals surface area contributed by atoms with Gasteiger partial charge in [0.15, 0.2) is 5.65 Å². The lowest BCUT2D eigenvalue weighted by molar-refractivity contribution is -0.120. The second-order valence-electron chi connectivity index (χ2n) is 9.19. The van der Waals surface area contributed by atoms with Crippen molar-refractivity contribution in [3.63, 3.8) is 0 Å². The third kappa shape index (κ3) is 4.64. The van der Waals surface area contributed by atoms with Crippen LogP contribution in [-0.4, -0.2) is 33.6 Å². The van der Waals surface area contributed by atoms with Crippen molar-refractivity contribution in [2.75, 3.05) is 23.3 Å². The molecular weight excluding hydrogens is 446 g/mol. The lowest BCUT2D eigenvalue weighted by Crippen LogP contribution is -2.39. The highest BCUT2D eigenvalue weighted by Gasteiger charge is 2.27. The summed E-state index contributed by atoms with van der Waals surface area (Å²) in [6.07, 6.45) is 1.59. The monoisotopic (exact) mass is 473 g/mol. The minimum Gasteiger partial charge on any atom is -0.356 e. The fourth-order valence-corrected chi connectivity index (χ4v) is 4.86. The van der Waals surface area contributed by atoms with Crippen LogP contribution >= 0.6 is 11.6 Å². The van der Waals surface area contributed by atoms with Gasteiger partial charge in [-0.3, -0.25) is 4.79 Å². The molecule has 0 aliphatic carbocycles. The summed E-state index contributed by atoms with van der Waals surface area (Å²) >= 11 is 6.05. The molecule has 1 aliphatic rings. The van der Waals surface area contributed by atoms with Gasteiger partial charge in [-0.05, 0) is 69.0 Å². The van der Waals surface area contributed by atoms with Crippen molar-refractivity contribution in [3.05, 3.63) is 76.4 Å². The molecule has 7 heteroatoms. The van der Waals surface area contributed by atoms with Crippen molar-refractivity contribution in [1.82, 2.24) is 14.6 Å². The summed E-state index contributed by atoms with van der Waals surface area (Å²) in [5.41, 5.74) is 6.80. The van der Waals surface area contributed by atoms with Crippen molar-refractivity contribution in [2.24, 2.45) is 5.92 Å². The summed E-state index contributed by atoms with van der Waals surface area (Å²) in [5.74, 6) is 1.11. The molecule has 2 aromatic carbocycles. The molecule has 0 bridgehead atoms. The van der Waals surface area contributed by atoms with Crippen LogP contribution in [0.25, 0.3) is 16.9 Å². The average molecular weight is 474 g/mol. The van der Waals surface area contributed by atoms with Crippen LogP contribution in [0.15, 0.2) is 54.6 Å². The van der Waals surface area contributed by atoms with E-state index in [1.165, 1.54) is 0 Å². The second kappa shape index (κ2) is 9.11. The molecule has 3 heterocycles. The molecule has 0 saturated carbocycles. The van der Waals surface area contributed by atoms with Gasteiger partial charge in [0, 0.05) is 53.1 Å². The average Bonchev–Trinajstić information content (AvgIpc) is 3.22. The molecule has 2 aromatic heterocycles. The number of rotatable bonds is 4. The summed E-state index contributed by atoms with van der Waals surface area (Å²) in [7, 11) is 0. The highest BCUT2D eigenvalue weighted by atomic mass is 35.5. The van der Waals surface area contributed by atoms with Crippen LogP contribution in [0.5, 0.6) is 0 Å². The minimum absolute atomic E-state index is 0.00209. The molecule has 174 valence electrons. The fourth-order valence-electron chi connectivity index (χ4n) is 4.73. The van der Waals surface area contributed by atoms with Gasteiger partial charge in [0.2, 0.25) is 5.91 Å². The van der Waals surface area contributed by atoms with E-state index in [4.69, 9.17) is 16.7 Å². The highest BCUT2D eigenvalue weighted by Crippen LogP contribution is 2.28. The molecule has 1 fully saturated rings. The Balaban J connectivity index is 1.33. The van der Waals surface area contributed by atoms with Crippen molar-refractivity contribution in [1.29, 1.82) is 0 Å². The number of aryl methyl sites for hydroxylation is 3. The van der Waals surface area contributed by atoms with E-state index < -0.39 is 0 Å². The smallest absolute Gasteiger partial charge is 0.227 e. The molecule has 0 unspecified atom stereocenters. The van der Waals surface area contributed by atoms with E-state index in [2.05, 4.69) is 27.3 Å². The number of piperidine rings is 1. The number of nitrogens with one attached hydrogen (secondary N) is 1. The first-order valence-electron chi connectivity index (χ1n) is 11.6. The Hall–Kier alpha value is -3.38. The molecule has 6 nitrogen and oxygen atoms in total. The van der Waals surface area contributed by atoms with Gasteiger partial charge in [-0.1, -0.05) is 29.8 Å². The number of halogens is 1. The number of aromatic nitrogens is 3. The SMILES string of the molecule is Cc1cc(C)cc(NC(=O)C2CCN(c3cc(C)nc4cc(-c5ccc(Cl)cc5)nn34)CC2)c1. The first-order valence-corrected chi connectivity index (χ1v) is 12.0. The van der Waals surface area contributed by atoms with E-state index in [-0.39, 0.29) is 11.8 Å². The van der Waals surface area contributed by atoms with Crippen LogP contribution in [0.2, 0.25) is 5.02 Å². The van der Waals surface area contributed by atoms with Gasteiger partial charge < -0.3 is 10.2 Å². The van der Waals surface area contributed by atoms with Crippen LogP contribution in [0.3, 0.4) is 0 Å². The lowest BCUT2D eigenvalue weighted by atomic mass is 9.95. The van der Waals surface area contributed by atoms with E-state index in [0.717, 1.165) is 71.2 Å². The van der Waals surface area contributed by atoms with Crippen LogP contribution in [0.1, 0.15) is 29.7 Å². The van der Waals surface area contributed by atoms with Gasteiger partial charge in [0.25, 0.3) is 0 Å². The fraction of sp³-hybridized carbons (Fsp3) is 0.296. The standard InChI is InChI=1S/C27H28ClN5O/c1-17-12-18(2)14-23(13-17)30-27(34)21-8-10-32(11-9-21)26-15-19(3)29-25-16-24(31-33(25)26)20-4-6-22(28)7-5-20/h4-7,12-16,21H,8-11H2,1-3H3,(H,30,34). The number of anilines is 2. The number of fused-ring (bicyclic) bond motifs is 1. The minimum atomic E-state index is -0.00209. The molecule has 0 radical (unpaired) electrons. The van der Waals surface area contributed by atoms with E-state index in [1.807, 2.05) is 67.8 Å². The van der Waals surface area contributed by atoms with Gasteiger partial charge in [-0.2, -0.15) is 9.61 Å². The van der Waals surface area contributed by atoms with Gasteiger partial charge in [-0.25, -0.2) is 4.98 Å². The Bertz CT molecular complexity index is 1330. The Kier molecular flexibility index (Phi) is 6.00. The zero-order valence-corrected chi connectivity index (χ0v) is 20.4. The lowest BCUT2D eigenvalue weighted by Gasteiger charge is -2.33. The maximum Gasteiger partial charge on any atom is 0.227 e. The molecular formula is C27H28ClN5O. The second-order valence-corrected chi connectivity index (χ2v) is 9.63. The van der Waals surface area contributed by atoms with Crippen LogP contribution in [-0.2, 0) is 4.79 Å². The number of hydrogen-bond acceptors (Lipinski definition) is 4. The number of benzene rings is 2. The number of carbonyl (C=O) groups excluding carboxylic acids is 1. The molecule has 1 saturated heterocycles. The van der Waals surface area contributed by atoms with Crippen molar-refractivity contribution < 1.29 is 4.79 Å². The molecule has 0 atom stereocenters. The maximum atomic E-state index is 12.9. The van der Waals surface area contributed by atoms with E-state index in [1.54, 1.807) is 0 Å². The molecule has 5 rings (SSSR count). The van der Waals surface area contributed by atoms with Gasteiger partial charge in [-0.15, -0.1) is 0 Å². The van der Waals surface area contributed by atoms with Crippen molar-refractivity contribution in [2.45, 2.75) is 33.6 Å². The topological polar surface area (TPSA) is 62.5 Å². The summed E-state index contributed by atoms with van der Waals surface area (Å²) in [6, 6.07) is 17.9. The summed E-state index contributed by atoms with van der Waals surface area (Å²) in [5, 5.41) is 8.66. The highest BCUT2D eigenvalue weighted by molar-refractivity contribution is 6.30. The van der Waals surface area contributed by atoms with Crippen LogP contribution in [0, 0.1) is 26.7 Å². The molecule has 4 aromatic rings. The van der Waals surface area contributed by atoms with E-state index >= 15 is 0 Å². The molecule has 1 aliphatic heterocycles. The Morgan fingerprint density at radius 2 is 1.65 bits per heavy atom. The largest absolute Gasteiger partial charge is 0.356 e. The number of hydrogen-bond donors (Lipinski definition) is 1.